The number of aliphatic hydroxyl groups excluding tert-OH is 1. The fourth-order valence-corrected chi connectivity index (χ4v) is 4.43. The van der Waals surface area contributed by atoms with E-state index in [-0.39, 0.29) is 36.4 Å². The van der Waals surface area contributed by atoms with Gasteiger partial charge in [0.05, 0.1) is 25.3 Å². The molecular formula is C20H30N2O3. The highest BCUT2D eigenvalue weighted by atomic mass is 16.5. The van der Waals surface area contributed by atoms with Crippen LogP contribution in [0.3, 0.4) is 0 Å². The average molecular weight is 346 g/mol. The van der Waals surface area contributed by atoms with Crippen molar-refractivity contribution in [2.75, 3.05) is 33.4 Å². The lowest BCUT2D eigenvalue weighted by Gasteiger charge is -2.56. The Labute approximate surface area is 150 Å². The van der Waals surface area contributed by atoms with Crippen molar-refractivity contribution in [2.45, 2.75) is 43.7 Å². The summed E-state index contributed by atoms with van der Waals surface area (Å²) in [6, 6.07) is 10.3. The van der Waals surface area contributed by atoms with E-state index in [1.165, 1.54) is 5.56 Å². The van der Waals surface area contributed by atoms with Gasteiger partial charge >= 0.3 is 0 Å². The number of ether oxygens (including phenoxy) is 1. The van der Waals surface area contributed by atoms with Crippen molar-refractivity contribution in [1.29, 1.82) is 0 Å². The van der Waals surface area contributed by atoms with Crippen LogP contribution in [0.1, 0.15) is 37.2 Å². The zero-order valence-corrected chi connectivity index (χ0v) is 15.1. The highest BCUT2D eigenvalue weighted by molar-refractivity contribution is 5.81. The molecule has 1 aliphatic heterocycles. The minimum Gasteiger partial charge on any atom is -0.394 e. The molecule has 1 saturated carbocycles. The summed E-state index contributed by atoms with van der Waals surface area (Å²) in [4.78, 5) is 15.0. The van der Waals surface area contributed by atoms with E-state index in [1.54, 1.807) is 7.11 Å². The summed E-state index contributed by atoms with van der Waals surface area (Å²) in [5.74, 6) is 0.570. The molecule has 0 bridgehead atoms. The van der Waals surface area contributed by atoms with Crippen LogP contribution < -0.4 is 5.32 Å². The highest BCUT2D eigenvalue weighted by Gasteiger charge is 2.51. The quantitative estimate of drug-likeness (QED) is 0.704. The van der Waals surface area contributed by atoms with E-state index in [1.807, 2.05) is 23.1 Å². The lowest BCUT2D eigenvalue weighted by Crippen LogP contribution is -2.69. The first-order valence-corrected chi connectivity index (χ1v) is 9.45. The minimum absolute atomic E-state index is 0.0204. The molecule has 1 amide bonds. The first-order valence-electron chi connectivity index (χ1n) is 9.45. The zero-order valence-electron chi connectivity index (χ0n) is 15.1. The van der Waals surface area contributed by atoms with Gasteiger partial charge in [-0.3, -0.25) is 4.79 Å². The Bertz CT molecular complexity index is 545. The second kappa shape index (κ2) is 8.79. The fourth-order valence-electron chi connectivity index (χ4n) is 4.43. The molecule has 138 valence electrons. The van der Waals surface area contributed by atoms with Gasteiger partial charge in [0.25, 0.3) is 0 Å². The maximum Gasteiger partial charge on any atom is 0.226 e. The van der Waals surface area contributed by atoms with Gasteiger partial charge < -0.3 is 20.1 Å². The van der Waals surface area contributed by atoms with Gasteiger partial charge in [-0.1, -0.05) is 43.2 Å². The number of likely N-dealkylation sites (tertiary alicyclic amines) is 1. The first-order chi connectivity index (χ1) is 12.3. The number of hydrogen-bond donors (Lipinski definition) is 2. The van der Waals surface area contributed by atoms with E-state index in [4.69, 9.17) is 4.74 Å². The van der Waals surface area contributed by atoms with Gasteiger partial charge in [0, 0.05) is 32.0 Å². The summed E-state index contributed by atoms with van der Waals surface area (Å²) >= 11 is 0. The molecular weight excluding hydrogens is 316 g/mol. The standard InChI is InChI=1S/C20H30N2O3/c1-25-12-11-21-13-17-19(15-7-3-2-4-8-15)18(14-23)22(17)20(24)16-9-5-6-10-16/h2-4,7-8,16-19,21,23H,5-6,9-14H2,1H3/t17-,18-,19-/m1/s1. The predicted octanol–water partition coefficient (Wildman–Crippen LogP) is 1.77. The number of rotatable bonds is 8. The topological polar surface area (TPSA) is 61.8 Å². The predicted molar refractivity (Wildman–Crippen MR) is 97.4 cm³/mol. The van der Waals surface area contributed by atoms with Crippen LogP contribution in [-0.2, 0) is 9.53 Å². The Hall–Kier alpha value is -1.43. The third kappa shape index (κ3) is 3.89. The number of carbonyl (C=O) groups excluding carboxylic acids is 1. The van der Waals surface area contributed by atoms with E-state index in [2.05, 4.69) is 17.4 Å². The fraction of sp³-hybridized carbons (Fsp3) is 0.650. The van der Waals surface area contributed by atoms with Crippen LogP contribution in [0.25, 0.3) is 0 Å². The Morgan fingerprint density at radius 1 is 1.24 bits per heavy atom. The van der Waals surface area contributed by atoms with E-state index >= 15 is 0 Å². The summed E-state index contributed by atoms with van der Waals surface area (Å²) in [6.07, 6.45) is 4.28. The summed E-state index contributed by atoms with van der Waals surface area (Å²) in [5.41, 5.74) is 1.20. The average Bonchev–Trinajstić information content (AvgIpc) is 3.16. The zero-order chi connectivity index (χ0) is 17.6. The van der Waals surface area contributed by atoms with Crippen LogP contribution in [0.15, 0.2) is 30.3 Å². The van der Waals surface area contributed by atoms with Crippen molar-refractivity contribution in [2.24, 2.45) is 5.92 Å². The molecule has 1 aliphatic carbocycles. The molecule has 0 unspecified atom stereocenters. The van der Waals surface area contributed by atoms with E-state index in [0.717, 1.165) is 38.8 Å². The molecule has 1 saturated heterocycles. The molecule has 3 atom stereocenters. The summed E-state index contributed by atoms with van der Waals surface area (Å²) < 4.78 is 5.10. The Morgan fingerprint density at radius 3 is 2.60 bits per heavy atom. The second-order valence-electron chi connectivity index (χ2n) is 7.18. The van der Waals surface area contributed by atoms with Crippen LogP contribution in [0.2, 0.25) is 0 Å². The number of hydrogen-bond acceptors (Lipinski definition) is 4. The Kier molecular flexibility index (Phi) is 6.45. The number of benzene rings is 1. The van der Waals surface area contributed by atoms with Crippen molar-refractivity contribution in [3.05, 3.63) is 35.9 Å². The first kappa shape index (κ1) is 18.4. The molecule has 2 aliphatic rings. The molecule has 0 radical (unpaired) electrons. The van der Waals surface area contributed by atoms with Crippen molar-refractivity contribution >= 4 is 5.91 Å². The highest BCUT2D eigenvalue weighted by Crippen LogP contribution is 2.42. The van der Waals surface area contributed by atoms with Crippen molar-refractivity contribution in [3.63, 3.8) is 0 Å². The maximum absolute atomic E-state index is 13.0. The van der Waals surface area contributed by atoms with Crippen molar-refractivity contribution in [3.8, 4) is 0 Å². The monoisotopic (exact) mass is 346 g/mol. The molecule has 2 fully saturated rings. The second-order valence-corrected chi connectivity index (χ2v) is 7.18. The molecule has 5 heteroatoms. The number of nitrogens with one attached hydrogen (secondary N) is 1. The van der Waals surface area contributed by atoms with Crippen molar-refractivity contribution < 1.29 is 14.6 Å². The van der Waals surface area contributed by atoms with Crippen LogP contribution in [-0.4, -0.2) is 61.4 Å². The number of amides is 1. The number of methoxy groups -OCH3 is 1. The van der Waals surface area contributed by atoms with Crippen LogP contribution in [0.5, 0.6) is 0 Å². The van der Waals surface area contributed by atoms with Gasteiger partial charge in [0.15, 0.2) is 0 Å². The molecule has 0 aromatic heterocycles. The largest absolute Gasteiger partial charge is 0.394 e. The van der Waals surface area contributed by atoms with Crippen LogP contribution >= 0.6 is 0 Å². The summed E-state index contributed by atoms with van der Waals surface area (Å²) in [5, 5.41) is 13.4. The molecule has 1 aromatic carbocycles. The number of carbonyl (C=O) groups is 1. The normalized spacial score (nSPS) is 26.6. The molecule has 3 rings (SSSR count). The van der Waals surface area contributed by atoms with Crippen LogP contribution in [0, 0.1) is 5.92 Å². The smallest absolute Gasteiger partial charge is 0.226 e. The van der Waals surface area contributed by atoms with Gasteiger partial charge in [-0.25, -0.2) is 0 Å². The summed E-state index contributed by atoms with van der Waals surface area (Å²) in [6.45, 7) is 2.18. The minimum atomic E-state index is -0.107. The van der Waals surface area contributed by atoms with Crippen molar-refractivity contribution in [1.82, 2.24) is 10.2 Å². The summed E-state index contributed by atoms with van der Waals surface area (Å²) in [7, 11) is 1.69. The third-order valence-corrected chi connectivity index (χ3v) is 5.71. The van der Waals surface area contributed by atoms with Crippen LogP contribution in [0.4, 0.5) is 0 Å². The Morgan fingerprint density at radius 2 is 1.96 bits per heavy atom. The molecule has 5 nitrogen and oxygen atoms in total. The molecule has 25 heavy (non-hydrogen) atoms. The van der Waals surface area contributed by atoms with Gasteiger partial charge in [-0.15, -0.1) is 0 Å². The van der Waals surface area contributed by atoms with Gasteiger partial charge in [-0.2, -0.15) is 0 Å². The maximum atomic E-state index is 13.0. The lowest BCUT2D eigenvalue weighted by atomic mass is 9.74. The van der Waals surface area contributed by atoms with E-state index in [0.29, 0.717) is 6.61 Å². The van der Waals surface area contributed by atoms with Gasteiger partial charge in [0.1, 0.15) is 0 Å². The van der Waals surface area contributed by atoms with Gasteiger partial charge in [0.2, 0.25) is 5.91 Å². The van der Waals surface area contributed by atoms with E-state index < -0.39 is 0 Å². The SMILES string of the molecule is COCCNC[C@@H]1[C@@H](c2ccccc2)[C@@H](CO)N1C(=O)C1CCCC1. The lowest BCUT2D eigenvalue weighted by molar-refractivity contribution is -0.154. The number of aliphatic hydroxyl groups is 1. The van der Waals surface area contributed by atoms with Gasteiger partial charge in [-0.05, 0) is 18.4 Å². The molecule has 1 heterocycles. The number of nitrogens with zero attached hydrogens (tertiary/aromatic N) is 1. The molecule has 2 N–H and O–H groups in total. The van der Waals surface area contributed by atoms with E-state index in [9.17, 15) is 9.90 Å². The Balaban J connectivity index is 1.75. The molecule has 0 spiro atoms. The third-order valence-electron chi connectivity index (χ3n) is 5.71. The molecule has 1 aromatic rings.